The molecule has 2 aliphatic rings. The summed E-state index contributed by atoms with van der Waals surface area (Å²) in [6, 6.07) is -0.707. The molecular formula is C14H25N3O2. The van der Waals surface area contributed by atoms with Gasteiger partial charge in [0.15, 0.2) is 0 Å². The van der Waals surface area contributed by atoms with Crippen LogP contribution in [0.5, 0.6) is 0 Å². The van der Waals surface area contributed by atoms with E-state index in [0.717, 1.165) is 12.8 Å². The number of rotatable bonds is 4. The minimum absolute atomic E-state index is 0.0924. The average molecular weight is 267 g/mol. The highest BCUT2D eigenvalue weighted by atomic mass is 16.2. The number of carbonyl (C=O) groups excluding carboxylic acids is 2. The second-order valence-corrected chi connectivity index (χ2v) is 7.13. The van der Waals surface area contributed by atoms with Crippen molar-refractivity contribution in [2.45, 2.75) is 58.5 Å². The molecule has 0 aromatic carbocycles. The Bertz CT molecular complexity index is 403. The molecule has 19 heavy (non-hydrogen) atoms. The quantitative estimate of drug-likeness (QED) is 0.692. The van der Waals surface area contributed by atoms with Gasteiger partial charge in [0.1, 0.15) is 0 Å². The normalized spacial score (nSPS) is 37.1. The van der Waals surface area contributed by atoms with E-state index >= 15 is 0 Å². The Morgan fingerprint density at radius 3 is 2.47 bits per heavy atom. The summed E-state index contributed by atoms with van der Waals surface area (Å²) in [5.74, 6) is -0.137. The molecule has 0 radical (unpaired) electrons. The third-order valence-corrected chi connectivity index (χ3v) is 5.31. The van der Waals surface area contributed by atoms with Gasteiger partial charge in [-0.2, -0.15) is 0 Å². The topological polar surface area (TPSA) is 98.2 Å². The molecule has 2 fully saturated rings. The number of amides is 2. The standard InChI is InChI=1S/C14H25N3O2/c1-13(2)8-4-5-14(3,7-8)12(13)17-11(19)9(15)6-10(16)18/h8-9,12H,4-7,15H2,1-3H3,(H2,16,18)(H,17,19). The molecule has 0 saturated heterocycles. The number of nitrogens with two attached hydrogens (primary N) is 2. The Morgan fingerprint density at radius 2 is 2.00 bits per heavy atom. The van der Waals surface area contributed by atoms with Gasteiger partial charge in [-0.1, -0.05) is 20.8 Å². The molecule has 0 aromatic heterocycles. The first-order valence-electron chi connectivity index (χ1n) is 7.01. The summed E-state index contributed by atoms with van der Waals surface area (Å²) in [5, 5.41) is 3.07. The number of carbonyl (C=O) groups is 2. The van der Waals surface area contributed by atoms with Crippen molar-refractivity contribution in [2.75, 3.05) is 0 Å². The SMILES string of the molecule is CC12CCC(C1)C(C)(C)C2NC(=O)C(N)CC(N)=O. The highest BCUT2D eigenvalue weighted by Crippen LogP contribution is 2.62. The van der Waals surface area contributed by atoms with Gasteiger partial charge in [-0.05, 0) is 36.0 Å². The van der Waals surface area contributed by atoms with Crippen LogP contribution in [0.25, 0.3) is 0 Å². The molecule has 2 bridgehead atoms. The molecule has 0 aromatic rings. The van der Waals surface area contributed by atoms with Gasteiger partial charge in [-0.15, -0.1) is 0 Å². The first-order chi connectivity index (χ1) is 8.67. The first-order valence-corrected chi connectivity index (χ1v) is 7.01. The van der Waals surface area contributed by atoms with Gasteiger partial charge in [0.25, 0.3) is 0 Å². The zero-order valence-electron chi connectivity index (χ0n) is 12.0. The molecule has 0 aliphatic heterocycles. The molecule has 2 amide bonds. The predicted molar refractivity (Wildman–Crippen MR) is 72.9 cm³/mol. The lowest BCUT2D eigenvalue weighted by Crippen LogP contribution is -2.56. The van der Waals surface area contributed by atoms with Crippen molar-refractivity contribution in [3.05, 3.63) is 0 Å². The van der Waals surface area contributed by atoms with E-state index in [0.29, 0.717) is 5.92 Å². The minimum atomic E-state index is -0.837. The van der Waals surface area contributed by atoms with Crippen molar-refractivity contribution < 1.29 is 9.59 Å². The van der Waals surface area contributed by atoms with Crippen molar-refractivity contribution in [1.29, 1.82) is 0 Å². The molecule has 108 valence electrons. The fourth-order valence-electron chi connectivity index (χ4n) is 4.22. The summed E-state index contributed by atoms with van der Waals surface area (Å²) < 4.78 is 0. The maximum absolute atomic E-state index is 12.1. The molecule has 5 heteroatoms. The van der Waals surface area contributed by atoms with Crippen LogP contribution in [0.2, 0.25) is 0 Å². The van der Waals surface area contributed by atoms with Gasteiger partial charge in [0.05, 0.1) is 12.5 Å². The molecule has 4 atom stereocenters. The van der Waals surface area contributed by atoms with E-state index < -0.39 is 11.9 Å². The number of hydrogen-bond donors (Lipinski definition) is 3. The zero-order valence-corrected chi connectivity index (χ0v) is 12.0. The maximum Gasteiger partial charge on any atom is 0.237 e. The van der Waals surface area contributed by atoms with Crippen LogP contribution < -0.4 is 16.8 Å². The smallest absolute Gasteiger partial charge is 0.237 e. The van der Waals surface area contributed by atoms with Crippen molar-refractivity contribution in [3.63, 3.8) is 0 Å². The summed E-state index contributed by atoms with van der Waals surface area (Å²) in [6.45, 7) is 6.67. The van der Waals surface area contributed by atoms with E-state index in [4.69, 9.17) is 11.5 Å². The minimum Gasteiger partial charge on any atom is -0.370 e. The number of primary amides is 1. The van der Waals surface area contributed by atoms with Crippen LogP contribution in [-0.4, -0.2) is 23.9 Å². The molecule has 5 nitrogen and oxygen atoms in total. The molecule has 2 aliphatic carbocycles. The fraction of sp³-hybridized carbons (Fsp3) is 0.857. The lowest BCUT2D eigenvalue weighted by atomic mass is 9.68. The van der Waals surface area contributed by atoms with Crippen LogP contribution in [-0.2, 0) is 9.59 Å². The van der Waals surface area contributed by atoms with Crippen molar-refractivity contribution in [2.24, 2.45) is 28.2 Å². The van der Waals surface area contributed by atoms with Gasteiger partial charge in [-0.3, -0.25) is 9.59 Å². The van der Waals surface area contributed by atoms with Crippen LogP contribution in [0.3, 0.4) is 0 Å². The van der Waals surface area contributed by atoms with Gasteiger partial charge >= 0.3 is 0 Å². The summed E-state index contributed by atoms with van der Waals surface area (Å²) >= 11 is 0. The largest absolute Gasteiger partial charge is 0.370 e. The lowest BCUT2D eigenvalue weighted by Gasteiger charge is -2.43. The van der Waals surface area contributed by atoms with E-state index in [9.17, 15) is 9.59 Å². The second-order valence-electron chi connectivity index (χ2n) is 7.13. The summed E-state index contributed by atoms with van der Waals surface area (Å²) in [4.78, 5) is 22.9. The van der Waals surface area contributed by atoms with Crippen molar-refractivity contribution in [3.8, 4) is 0 Å². The number of nitrogens with one attached hydrogen (secondary N) is 1. The number of hydrogen-bond acceptors (Lipinski definition) is 3. The van der Waals surface area contributed by atoms with E-state index in [1.807, 2.05) is 0 Å². The highest BCUT2D eigenvalue weighted by Gasteiger charge is 2.59. The summed E-state index contributed by atoms with van der Waals surface area (Å²) in [6.07, 6.45) is 3.45. The summed E-state index contributed by atoms with van der Waals surface area (Å²) in [5.41, 5.74) is 11.0. The van der Waals surface area contributed by atoms with Crippen LogP contribution in [0, 0.1) is 16.7 Å². The van der Waals surface area contributed by atoms with Gasteiger partial charge in [0, 0.05) is 6.04 Å². The summed E-state index contributed by atoms with van der Waals surface area (Å²) in [7, 11) is 0. The average Bonchev–Trinajstić information content (AvgIpc) is 2.74. The van der Waals surface area contributed by atoms with E-state index in [1.165, 1.54) is 6.42 Å². The van der Waals surface area contributed by atoms with Crippen molar-refractivity contribution in [1.82, 2.24) is 5.32 Å². The Labute approximate surface area is 114 Å². The van der Waals surface area contributed by atoms with Gasteiger partial charge in [-0.25, -0.2) is 0 Å². The van der Waals surface area contributed by atoms with Gasteiger partial charge < -0.3 is 16.8 Å². The Morgan fingerprint density at radius 1 is 1.37 bits per heavy atom. The van der Waals surface area contributed by atoms with Crippen LogP contribution in [0.1, 0.15) is 46.5 Å². The molecule has 2 rings (SSSR count). The monoisotopic (exact) mass is 267 g/mol. The molecule has 0 spiro atoms. The second kappa shape index (κ2) is 4.47. The molecule has 2 saturated carbocycles. The van der Waals surface area contributed by atoms with E-state index in [1.54, 1.807) is 0 Å². The fourth-order valence-corrected chi connectivity index (χ4v) is 4.22. The third-order valence-electron chi connectivity index (χ3n) is 5.31. The highest BCUT2D eigenvalue weighted by molar-refractivity contribution is 5.87. The predicted octanol–water partition coefficient (Wildman–Crippen LogP) is 0.520. The molecule has 0 heterocycles. The molecule has 5 N–H and O–H groups in total. The number of fused-ring (bicyclic) bond motifs is 2. The van der Waals surface area contributed by atoms with Crippen molar-refractivity contribution >= 4 is 11.8 Å². The van der Waals surface area contributed by atoms with Crippen LogP contribution >= 0.6 is 0 Å². The van der Waals surface area contributed by atoms with E-state index in [2.05, 4.69) is 26.1 Å². The maximum atomic E-state index is 12.1. The molecular weight excluding hydrogens is 242 g/mol. The van der Waals surface area contributed by atoms with Crippen LogP contribution in [0.15, 0.2) is 0 Å². The zero-order chi connectivity index (χ0) is 14.4. The Hall–Kier alpha value is -1.10. The van der Waals surface area contributed by atoms with Gasteiger partial charge in [0.2, 0.25) is 11.8 Å². The Kier molecular flexibility index (Phi) is 3.37. The van der Waals surface area contributed by atoms with E-state index in [-0.39, 0.29) is 29.2 Å². The molecule has 4 unspecified atom stereocenters. The first kappa shape index (κ1) is 14.3. The Balaban J connectivity index is 2.06. The lowest BCUT2D eigenvalue weighted by molar-refractivity contribution is -0.128. The van der Waals surface area contributed by atoms with Crippen LogP contribution in [0.4, 0.5) is 0 Å². The third kappa shape index (κ3) is 2.36.